The third-order valence-corrected chi connectivity index (χ3v) is 2.95. The number of nitrogens with zero attached hydrogens (tertiary/aromatic N) is 1. The smallest absolute Gasteiger partial charge is 0.276 e. The van der Waals surface area contributed by atoms with Crippen LogP contribution >= 0.6 is 0 Å². The first-order valence-electron chi connectivity index (χ1n) is 6.21. The molecule has 0 fully saturated rings. The van der Waals surface area contributed by atoms with E-state index in [1.54, 1.807) is 49.4 Å². The average Bonchev–Trinajstić information content (AvgIpc) is 2.45. The van der Waals surface area contributed by atoms with E-state index in [4.69, 9.17) is 4.74 Å². The van der Waals surface area contributed by atoms with Crippen molar-refractivity contribution >= 4 is 5.69 Å². The number of aliphatic hydroxyl groups is 1. The molecule has 1 atom stereocenters. The van der Waals surface area contributed by atoms with Crippen molar-refractivity contribution in [2.75, 3.05) is 0 Å². The van der Waals surface area contributed by atoms with Gasteiger partial charge < -0.3 is 9.84 Å². The quantitative estimate of drug-likeness (QED) is 0.670. The fourth-order valence-electron chi connectivity index (χ4n) is 1.81. The molecule has 20 heavy (non-hydrogen) atoms. The molecule has 0 aliphatic carbocycles. The second-order valence-electron chi connectivity index (χ2n) is 4.42. The van der Waals surface area contributed by atoms with Gasteiger partial charge in [0.25, 0.3) is 5.69 Å². The van der Waals surface area contributed by atoms with Crippen LogP contribution in [-0.2, 0) is 6.61 Å². The van der Waals surface area contributed by atoms with Gasteiger partial charge in [-0.3, -0.25) is 10.1 Å². The van der Waals surface area contributed by atoms with Crippen LogP contribution in [0.25, 0.3) is 0 Å². The molecular weight excluding hydrogens is 258 g/mol. The molecule has 104 valence electrons. The Balaban J connectivity index is 2.07. The van der Waals surface area contributed by atoms with Crippen molar-refractivity contribution in [1.29, 1.82) is 0 Å². The fourth-order valence-corrected chi connectivity index (χ4v) is 1.81. The van der Waals surface area contributed by atoms with E-state index in [1.165, 1.54) is 6.07 Å². The van der Waals surface area contributed by atoms with Crippen LogP contribution in [0.15, 0.2) is 48.5 Å². The minimum absolute atomic E-state index is 0.0492. The minimum Gasteiger partial charge on any atom is -0.489 e. The minimum atomic E-state index is -0.528. The van der Waals surface area contributed by atoms with Crippen LogP contribution < -0.4 is 4.74 Å². The molecule has 0 aromatic heterocycles. The molecule has 0 amide bonds. The standard InChI is InChI=1S/C15H15NO4/c1-11(17)12-6-8-14(9-7-12)20-10-13-4-2-3-5-15(13)16(18)19/h2-9,11,17H,10H2,1H3/t11-/m1/s1. The van der Waals surface area contributed by atoms with Crippen LogP contribution in [-0.4, -0.2) is 10.0 Å². The van der Waals surface area contributed by atoms with Gasteiger partial charge in [0, 0.05) is 6.07 Å². The van der Waals surface area contributed by atoms with Crippen molar-refractivity contribution in [3.05, 3.63) is 69.8 Å². The van der Waals surface area contributed by atoms with Crippen molar-refractivity contribution < 1.29 is 14.8 Å². The molecular formula is C15H15NO4. The molecule has 0 heterocycles. The van der Waals surface area contributed by atoms with Gasteiger partial charge in [0.1, 0.15) is 12.4 Å². The van der Waals surface area contributed by atoms with Gasteiger partial charge in [-0.25, -0.2) is 0 Å². The molecule has 0 saturated heterocycles. The van der Waals surface area contributed by atoms with Crippen LogP contribution in [0, 0.1) is 10.1 Å². The Morgan fingerprint density at radius 3 is 2.45 bits per heavy atom. The Hall–Kier alpha value is -2.40. The van der Waals surface area contributed by atoms with Crippen molar-refractivity contribution in [2.45, 2.75) is 19.6 Å². The average molecular weight is 273 g/mol. The zero-order chi connectivity index (χ0) is 14.5. The van der Waals surface area contributed by atoms with Gasteiger partial charge in [0.05, 0.1) is 16.6 Å². The fraction of sp³-hybridized carbons (Fsp3) is 0.200. The second kappa shape index (κ2) is 6.16. The molecule has 0 unspecified atom stereocenters. The topological polar surface area (TPSA) is 72.6 Å². The van der Waals surface area contributed by atoms with Crippen LogP contribution in [0.4, 0.5) is 5.69 Å². The molecule has 1 N–H and O–H groups in total. The summed E-state index contributed by atoms with van der Waals surface area (Å²) in [5.41, 5.74) is 1.37. The van der Waals surface area contributed by atoms with Gasteiger partial charge in [0.15, 0.2) is 0 Å². The van der Waals surface area contributed by atoms with E-state index in [-0.39, 0.29) is 12.3 Å². The lowest BCUT2D eigenvalue weighted by Gasteiger charge is -2.09. The maximum atomic E-state index is 10.9. The Morgan fingerprint density at radius 2 is 1.85 bits per heavy atom. The lowest BCUT2D eigenvalue weighted by atomic mass is 10.1. The molecule has 0 aliphatic rings. The second-order valence-corrected chi connectivity index (χ2v) is 4.42. The van der Waals surface area contributed by atoms with Gasteiger partial charge in [-0.05, 0) is 30.7 Å². The first kappa shape index (κ1) is 14.0. The highest BCUT2D eigenvalue weighted by Gasteiger charge is 2.12. The number of hydrogen-bond donors (Lipinski definition) is 1. The molecule has 0 bridgehead atoms. The molecule has 5 nitrogen and oxygen atoms in total. The van der Waals surface area contributed by atoms with Crippen molar-refractivity contribution in [1.82, 2.24) is 0 Å². The SMILES string of the molecule is C[C@@H](O)c1ccc(OCc2ccccc2[N+](=O)[O-])cc1. The van der Waals surface area contributed by atoms with Gasteiger partial charge in [-0.2, -0.15) is 0 Å². The van der Waals surface area contributed by atoms with Gasteiger partial charge in [0.2, 0.25) is 0 Å². The van der Waals surface area contributed by atoms with E-state index < -0.39 is 11.0 Å². The third-order valence-electron chi connectivity index (χ3n) is 2.95. The molecule has 2 rings (SSSR count). The monoisotopic (exact) mass is 273 g/mol. The molecule has 5 heteroatoms. The van der Waals surface area contributed by atoms with E-state index in [0.29, 0.717) is 11.3 Å². The zero-order valence-corrected chi connectivity index (χ0v) is 11.0. The van der Waals surface area contributed by atoms with Crippen molar-refractivity contribution in [3.63, 3.8) is 0 Å². The largest absolute Gasteiger partial charge is 0.489 e. The summed E-state index contributed by atoms with van der Waals surface area (Å²) in [6, 6.07) is 13.5. The number of ether oxygens (including phenoxy) is 1. The van der Waals surface area contributed by atoms with E-state index in [2.05, 4.69) is 0 Å². The number of aliphatic hydroxyl groups excluding tert-OH is 1. The lowest BCUT2D eigenvalue weighted by molar-refractivity contribution is -0.385. The van der Waals surface area contributed by atoms with Gasteiger partial charge in [-0.15, -0.1) is 0 Å². The normalized spacial score (nSPS) is 11.9. The molecule has 0 spiro atoms. The molecule has 0 radical (unpaired) electrons. The number of hydrogen-bond acceptors (Lipinski definition) is 4. The summed E-state index contributed by atoms with van der Waals surface area (Å²) in [4.78, 5) is 10.5. The van der Waals surface area contributed by atoms with Gasteiger partial charge >= 0.3 is 0 Å². The predicted octanol–water partition coefficient (Wildman–Crippen LogP) is 3.23. The number of para-hydroxylation sites is 1. The maximum absolute atomic E-state index is 10.9. The summed E-state index contributed by atoms with van der Waals surface area (Å²) in [5, 5.41) is 20.3. The highest BCUT2D eigenvalue weighted by molar-refractivity contribution is 5.39. The van der Waals surface area contributed by atoms with E-state index >= 15 is 0 Å². The van der Waals surface area contributed by atoms with E-state index in [0.717, 1.165) is 5.56 Å². The molecule has 0 saturated carbocycles. The summed E-state index contributed by atoms with van der Waals surface area (Å²) in [6.45, 7) is 1.81. The molecule has 2 aromatic rings. The van der Waals surface area contributed by atoms with Crippen LogP contribution in [0.5, 0.6) is 5.75 Å². The third kappa shape index (κ3) is 3.33. The Labute approximate surface area is 116 Å². The first-order valence-corrected chi connectivity index (χ1v) is 6.21. The van der Waals surface area contributed by atoms with E-state index in [1.807, 2.05) is 0 Å². The summed E-state index contributed by atoms with van der Waals surface area (Å²) in [6.07, 6.45) is -0.528. The predicted molar refractivity (Wildman–Crippen MR) is 74.5 cm³/mol. The first-order chi connectivity index (χ1) is 9.58. The number of nitro benzene ring substituents is 1. The highest BCUT2D eigenvalue weighted by Crippen LogP contribution is 2.21. The van der Waals surface area contributed by atoms with Gasteiger partial charge in [-0.1, -0.05) is 24.3 Å². The number of nitro groups is 1. The van der Waals surface area contributed by atoms with Crippen LogP contribution in [0.3, 0.4) is 0 Å². The summed E-state index contributed by atoms with van der Waals surface area (Å²) >= 11 is 0. The zero-order valence-electron chi connectivity index (χ0n) is 11.0. The Kier molecular flexibility index (Phi) is 4.32. The van der Waals surface area contributed by atoms with Crippen LogP contribution in [0.1, 0.15) is 24.2 Å². The summed E-state index contributed by atoms with van der Waals surface area (Å²) < 4.78 is 5.53. The Bertz CT molecular complexity index is 593. The number of benzene rings is 2. The summed E-state index contributed by atoms with van der Waals surface area (Å²) in [5.74, 6) is 0.604. The highest BCUT2D eigenvalue weighted by atomic mass is 16.6. The Morgan fingerprint density at radius 1 is 1.20 bits per heavy atom. The maximum Gasteiger partial charge on any atom is 0.276 e. The number of rotatable bonds is 5. The van der Waals surface area contributed by atoms with Crippen molar-refractivity contribution in [3.8, 4) is 5.75 Å². The summed E-state index contributed by atoms with van der Waals surface area (Å²) in [7, 11) is 0. The molecule has 2 aromatic carbocycles. The lowest BCUT2D eigenvalue weighted by Crippen LogP contribution is -2.00. The van der Waals surface area contributed by atoms with E-state index in [9.17, 15) is 15.2 Å². The van der Waals surface area contributed by atoms with Crippen molar-refractivity contribution in [2.24, 2.45) is 0 Å². The van der Waals surface area contributed by atoms with Crippen LogP contribution in [0.2, 0.25) is 0 Å². The molecule has 0 aliphatic heterocycles.